The van der Waals surface area contributed by atoms with Crippen LogP contribution in [0.2, 0.25) is 0 Å². The highest BCUT2D eigenvalue weighted by Crippen LogP contribution is 2.30. The monoisotopic (exact) mass is 422 g/mol. The lowest BCUT2D eigenvalue weighted by molar-refractivity contribution is 0.626. The van der Waals surface area contributed by atoms with Crippen molar-refractivity contribution in [1.82, 2.24) is 0 Å². The quantitative estimate of drug-likeness (QED) is 0.296. The Hall–Kier alpha value is -3.01. The van der Waals surface area contributed by atoms with Gasteiger partial charge in [-0.2, -0.15) is 0 Å². The Balaban J connectivity index is 2.58. The first-order chi connectivity index (χ1) is 14.7. The summed E-state index contributed by atoms with van der Waals surface area (Å²) in [7, 11) is 0. The molecule has 0 bridgehead atoms. The van der Waals surface area contributed by atoms with E-state index in [1.54, 1.807) is 12.1 Å². The van der Waals surface area contributed by atoms with Gasteiger partial charge in [-0.15, -0.1) is 0 Å². The number of anilines is 1. The lowest BCUT2D eigenvalue weighted by Crippen LogP contribution is -2.18. The molecule has 0 aliphatic heterocycles. The van der Waals surface area contributed by atoms with Crippen LogP contribution in [0, 0.1) is 25.6 Å². The molecular formula is C27H32F2N2. The van der Waals surface area contributed by atoms with Crippen LogP contribution in [0.15, 0.2) is 71.3 Å². The lowest BCUT2D eigenvalue weighted by atomic mass is 9.95. The van der Waals surface area contributed by atoms with Crippen LogP contribution in [0.1, 0.15) is 49.4 Å². The Labute approximate surface area is 185 Å². The summed E-state index contributed by atoms with van der Waals surface area (Å²) in [5.74, 6) is -0.385. The first kappa shape index (κ1) is 24.3. The minimum atomic E-state index is -0.565. The highest BCUT2D eigenvalue weighted by atomic mass is 19.1. The number of benzene rings is 2. The van der Waals surface area contributed by atoms with Gasteiger partial charge in [0.2, 0.25) is 0 Å². The van der Waals surface area contributed by atoms with Crippen LogP contribution in [0.25, 0.3) is 6.08 Å². The lowest BCUT2D eigenvalue weighted by Gasteiger charge is -2.25. The van der Waals surface area contributed by atoms with Crippen molar-refractivity contribution in [2.24, 2.45) is 10.9 Å². The maximum atomic E-state index is 14.7. The minimum absolute atomic E-state index is 0.0263. The van der Waals surface area contributed by atoms with E-state index in [4.69, 9.17) is 0 Å². The number of hydrogen-bond acceptors (Lipinski definition) is 2. The van der Waals surface area contributed by atoms with Gasteiger partial charge in [-0.1, -0.05) is 50.3 Å². The van der Waals surface area contributed by atoms with Crippen molar-refractivity contribution in [1.29, 1.82) is 0 Å². The summed E-state index contributed by atoms with van der Waals surface area (Å²) in [6, 6.07) is 10.4. The smallest absolute Gasteiger partial charge is 0.164 e. The van der Waals surface area contributed by atoms with Crippen LogP contribution in [0.4, 0.5) is 14.5 Å². The number of allylic oxidation sites excluding steroid dienone is 2. The van der Waals surface area contributed by atoms with Crippen LogP contribution in [-0.2, 0) is 6.54 Å². The van der Waals surface area contributed by atoms with Gasteiger partial charge in [0.15, 0.2) is 5.83 Å². The second-order valence-corrected chi connectivity index (χ2v) is 8.03. The molecule has 1 unspecified atom stereocenters. The van der Waals surface area contributed by atoms with Crippen LogP contribution >= 0.6 is 0 Å². The Kier molecular flexibility index (Phi) is 8.49. The summed E-state index contributed by atoms with van der Waals surface area (Å²) in [4.78, 5) is 5.41. The third-order valence-corrected chi connectivity index (χ3v) is 5.67. The van der Waals surface area contributed by atoms with Gasteiger partial charge < -0.3 is 4.90 Å². The Morgan fingerprint density at radius 3 is 2.39 bits per heavy atom. The van der Waals surface area contributed by atoms with Crippen molar-refractivity contribution in [2.45, 2.75) is 47.6 Å². The van der Waals surface area contributed by atoms with Crippen LogP contribution < -0.4 is 4.90 Å². The van der Waals surface area contributed by atoms with E-state index in [1.807, 2.05) is 11.8 Å². The number of halogens is 2. The SMILES string of the molecule is C=NC(=C)/C(F)=C\N(Cc1ccc(F)cc1)c1cc(/C=C(/C)C(C)CC)c(C)cc1C. The van der Waals surface area contributed by atoms with E-state index in [0.717, 1.165) is 34.4 Å². The van der Waals surface area contributed by atoms with Gasteiger partial charge >= 0.3 is 0 Å². The molecule has 0 saturated heterocycles. The zero-order chi connectivity index (χ0) is 23.1. The molecular weight excluding hydrogens is 390 g/mol. The van der Waals surface area contributed by atoms with Gasteiger partial charge in [-0.25, -0.2) is 8.78 Å². The number of aliphatic imine (C=N–C) groups is 1. The molecule has 0 radical (unpaired) electrons. The standard InChI is InChI=1S/C27H32F2N2/c1-8-18(2)19(3)14-24-15-27(21(5)13-20(24)4)31(17-26(29)22(6)30-7)16-23-9-11-25(28)12-10-23/h9-15,17-18H,6-8,16H2,1-5H3/b19-14-,26-17+. The molecule has 0 saturated carbocycles. The summed E-state index contributed by atoms with van der Waals surface area (Å²) in [6.07, 6.45) is 4.65. The Morgan fingerprint density at radius 2 is 1.81 bits per heavy atom. The Bertz CT molecular complexity index is 1000. The van der Waals surface area contributed by atoms with Gasteiger partial charge in [0.25, 0.3) is 0 Å². The van der Waals surface area contributed by atoms with Gasteiger partial charge in [-0.05, 0) is 80.3 Å². The van der Waals surface area contributed by atoms with E-state index in [1.165, 1.54) is 23.9 Å². The zero-order valence-electron chi connectivity index (χ0n) is 19.2. The maximum absolute atomic E-state index is 14.7. The second-order valence-electron chi connectivity index (χ2n) is 8.03. The molecule has 0 fully saturated rings. The van der Waals surface area contributed by atoms with Gasteiger partial charge in [0.05, 0.1) is 5.70 Å². The molecule has 0 aliphatic carbocycles. The third kappa shape index (κ3) is 6.48. The highest BCUT2D eigenvalue weighted by Gasteiger charge is 2.14. The van der Waals surface area contributed by atoms with Gasteiger partial charge in [0.1, 0.15) is 5.82 Å². The molecule has 0 aliphatic rings. The summed E-state index contributed by atoms with van der Waals surface area (Å²) >= 11 is 0. The van der Waals surface area contributed by atoms with Crippen molar-refractivity contribution in [2.75, 3.05) is 4.90 Å². The number of nitrogens with zero attached hydrogens (tertiary/aromatic N) is 2. The first-order valence-electron chi connectivity index (χ1n) is 10.5. The highest BCUT2D eigenvalue weighted by molar-refractivity contribution is 5.67. The van der Waals surface area contributed by atoms with Crippen molar-refractivity contribution in [3.63, 3.8) is 0 Å². The topological polar surface area (TPSA) is 15.6 Å². The van der Waals surface area contributed by atoms with E-state index >= 15 is 0 Å². The predicted molar refractivity (Wildman–Crippen MR) is 129 cm³/mol. The molecule has 1 atom stereocenters. The molecule has 2 rings (SSSR count). The minimum Gasteiger partial charge on any atom is -0.340 e. The summed E-state index contributed by atoms with van der Waals surface area (Å²) in [5.41, 5.74) is 6.27. The molecule has 0 amide bonds. The largest absolute Gasteiger partial charge is 0.340 e. The first-order valence-corrected chi connectivity index (χ1v) is 10.5. The number of hydrogen-bond donors (Lipinski definition) is 0. The Morgan fingerprint density at radius 1 is 1.16 bits per heavy atom. The van der Waals surface area contributed by atoms with Crippen molar-refractivity contribution in [3.8, 4) is 0 Å². The fraction of sp³-hybridized carbons (Fsp3) is 0.296. The van der Waals surface area contributed by atoms with E-state index in [-0.39, 0.29) is 11.5 Å². The van der Waals surface area contributed by atoms with E-state index in [0.29, 0.717) is 12.5 Å². The average molecular weight is 423 g/mol. The molecule has 2 nitrogen and oxygen atoms in total. The fourth-order valence-corrected chi connectivity index (χ4v) is 3.31. The normalized spacial score (nSPS) is 13.1. The number of aryl methyl sites for hydroxylation is 2. The van der Waals surface area contributed by atoms with Gasteiger partial charge in [0, 0.05) is 18.4 Å². The van der Waals surface area contributed by atoms with Gasteiger partial charge in [-0.3, -0.25) is 4.99 Å². The van der Waals surface area contributed by atoms with E-state index < -0.39 is 5.83 Å². The van der Waals surface area contributed by atoms with Crippen molar-refractivity contribution >= 4 is 18.5 Å². The summed E-state index contributed by atoms with van der Waals surface area (Å²) in [6.45, 7) is 17.9. The van der Waals surface area contributed by atoms with Crippen LogP contribution in [0.3, 0.4) is 0 Å². The zero-order valence-corrected chi connectivity index (χ0v) is 19.2. The van der Waals surface area contributed by atoms with E-state index in [2.05, 4.69) is 64.2 Å². The van der Waals surface area contributed by atoms with Crippen molar-refractivity contribution < 1.29 is 8.78 Å². The molecule has 2 aromatic rings. The van der Waals surface area contributed by atoms with E-state index in [9.17, 15) is 8.78 Å². The molecule has 0 aromatic heterocycles. The molecule has 0 N–H and O–H groups in total. The molecule has 2 aromatic carbocycles. The fourth-order valence-electron chi connectivity index (χ4n) is 3.31. The third-order valence-electron chi connectivity index (χ3n) is 5.67. The molecule has 164 valence electrons. The van der Waals surface area contributed by atoms with Crippen LogP contribution in [0.5, 0.6) is 0 Å². The number of rotatable bonds is 9. The average Bonchev–Trinajstić information content (AvgIpc) is 2.75. The maximum Gasteiger partial charge on any atom is 0.164 e. The van der Waals surface area contributed by atoms with Crippen LogP contribution in [-0.4, -0.2) is 6.72 Å². The molecule has 4 heteroatoms. The molecule has 0 heterocycles. The summed E-state index contributed by atoms with van der Waals surface area (Å²) in [5, 5.41) is 0. The molecule has 31 heavy (non-hydrogen) atoms. The predicted octanol–water partition coefficient (Wildman–Crippen LogP) is 7.92. The second kappa shape index (κ2) is 10.9. The van der Waals surface area contributed by atoms with Crippen molar-refractivity contribution in [3.05, 3.63) is 94.3 Å². The summed E-state index contributed by atoms with van der Waals surface area (Å²) < 4.78 is 28.1. The molecule has 0 spiro atoms.